The van der Waals surface area contributed by atoms with Crippen LogP contribution in [0.4, 0.5) is 4.79 Å². The molecule has 1 saturated carbocycles. The fourth-order valence-corrected chi connectivity index (χ4v) is 2.98. The minimum absolute atomic E-state index is 0.0118. The Balaban J connectivity index is 1.46. The third kappa shape index (κ3) is 3.81. The van der Waals surface area contributed by atoms with Gasteiger partial charge >= 0.3 is 6.09 Å². The zero-order valence-electron chi connectivity index (χ0n) is 12.7. The molecule has 1 aromatic carbocycles. The van der Waals surface area contributed by atoms with Crippen molar-refractivity contribution in [1.29, 1.82) is 5.26 Å². The molecule has 3 rings (SSSR count). The molecule has 0 unspecified atom stereocenters. The van der Waals surface area contributed by atoms with Gasteiger partial charge in [0.2, 0.25) is 5.91 Å². The molecular formula is C17H19N3O3. The molecule has 1 spiro atoms. The van der Waals surface area contributed by atoms with Crippen LogP contribution in [0.3, 0.4) is 0 Å². The number of hydrogen-bond acceptors (Lipinski definition) is 4. The summed E-state index contributed by atoms with van der Waals surface area (Å²) in [5.41, 5.74) is 0.859. The highest BCUT2D eigenvalue weighted by Crippen LogP contribution is 2.46. The predicted molar refractivity (Wildman–Crippen MR) is 82.0 cm³/mol. The third-order valence-corrected chi connectivity index (χ3v) is 4.43. The lowest BCUT2D eigenvalue weighted by Gasteiger charge is -2.14. The van der Waals surface area contributed by atoms with E-state index < -0.39 is 12.1 Å². The Morgan fingerprint density at radius 3 is 2.78 bits per heavy atom. The molecule has 2 aliphatic rings. The number of hydrogen-bond donors (Lipinski definition) is 2. The Morgan fingerprint density at radius 1 is 1.43 bits per heavy atom. The van der Waals surface area contributed by atoms with E-state index in [0.717, 1.165) is 24.8 Å². The fraction of sp³-hybridized carbons (Fsp3) is 0.471. The number of carbonyl (C=O) groups excluding carboxylic acids is 2. The number of nitriles is 1. The topological polar surface area (TPSA) is 91.2 Å². The minimum atomic E-state index is -0.720. The highest BCUT2D eigenvalue weighted by molar-refractivity contribution is 5.83. The summed E-state index contributed by atoms with van der Waals surface area (Å²) >= 11 is 0. The van der Waals surface area contributed by atoms with Gasteiger partial charge in [-0.25, -0.2) is 4.79 Å². The Hall–Kier alpha value is -2.55. The number of carbonyl (C=O) groups is 2. The van der Waals surface area contributed by atoms with Crippen LogP contribution in [0.2, 0.25) is 0 Å². The Bertz CT molecular complexity index is 634. The molecule has 23 heavy (non-hydrogen) atoms. The van der Waals surface area contributed by atoms with Crippen molar-refractivity contribution in [2.24, 2.45) is 5.92 Å². The highest BCUT2D eigenvalue weighted by Gasteiger charge is 2.52. The fourth-order valence-electron chi connectivity index (χ4n) is 2.98. The van der Waals surface area contributed by atoms with Crippen LogP contribution in [0.15, 0.2) is 30.3 Å². The van der Waals surface area contributed by atoms with Crippen molar-refractivity contribution in [2.75, 3.05) is 0 Å². The van der Waals surface area contributed by atoms with Crippen LogP contribution in [-0.2, 0) is 16.1 Å². The van der Waals surface area contributed by atoms with Gasteiger partial charge in [-0.2, -0.15) is 5.26 Å². The monoisotopic (exact) mass is 313 g/mol. The summed E-state index contributed by atoms with van der Waals surface area (Å²) in [7, 11) is 0. The summed E-state index contributed by atoms with van der Waals surface area (Å²) in [6, 6.07) is 10.6. The molecule has 0 aromatic heterocycles. The van der Waals surface area contributed by atoms with Crippen molar-refractivity contribution in [3.05, 3.63) is 35.9 Å². The van der Waals surface area contributed by atoms with Crippen molar-refractivity contribution in [3.63, 3.8) is 0 Å². The first kappa shape index (κ1) is 15.3. The van der Waals surface area contributed by atoms with Gasteiger partial charge in [0.1, 0.15) is 12.6 Å². The largest absolute Gasteiger partial charge is 0.445 e. The molecule has 1 saturated heterocycles. The Kier molecular flexibility index (Phi) is 4.20. The molecule has 1 aromatic rings. The third-order valence-electron chi connectivity index (χ3n) is 4.43. The van der Waals surface area contributed by atoms with Crippen LogP contribution < -0.4 is 10.6 Å². The Morgan fingerprint density at radius 2 is 2.17 bits per heavy atom. The first-order valence-corrected chi connectivity index (χ1v) is 7.79. The average Bonchev–Trinajstić information content (AvgIpc) is 3.23. The van der Waals surface area contributed by atoms with Gasteiger partial charge in [0, 0.05) is 11.5 Å². The zero-order chi connectivity index (χ0) is 16.3. The number of benzene rings is 1. The number of nitrogens with zero attached hydrogens (tertiary/aromatic N) is 1. The molecule has 6 nitrogen and oxygen atoms in total. The van der Waals surface area contributed by atoms with E-state index in [9.17, 15) is 14.9 Å². The summed E-state index contributed by atoms with van der Waals surface area (Å²) in [5.74, 6) is -0.223. The molecule has 6 heteroatoms. The lowest BCUT2D eigenvalue weighted by atomic mass is 9.96. The predicted octanol–water partition coefficient (Wildman–Crippen LogP) is 1.86. The molecule has 1 aliphatic carbocycles. The van der Waals surface area contributed by atoms with E-state index in [0.29, 0.717) is 6.42 Å². The van der Waals surface area contributed by atoms with E-state index in [2.05, 4.69) is 10.6 Å². The molecule has 120 valence electrons. The second kappa shape index (κ2) is 6.29. The van der Waals surface area contributed by atoms with Gasteiger partial charge in [-0.05, 0) is 31.2 Å². The number of nitrogens with one attached hydrogen (secondary N) is 2. The first-order valence-electron chi connectivity index (χ1n) is 7.79. The molecule has 2 amide bonds. The molecule has 2 atom stereocenters. The summed E-state index contributed by atoms with van der Waals surface area (Å²) in [6.45, 7) is 0.151. The maximum Gasteiger partial charge on any atom is 0.408 e. The van der Waals surface area contributed by atoms with Gasteiger partial charge in [-0.15, -0.1) is 0 Å². The average molecular weight is 313 g/mol. The van der Waals surface area contributed by atoms with E-state index in [4.69, 9.17) is 4.74 Å². The maximum absolute atomic E-state index is 11.9. The number of rotatable bonds is 5. The lowest BCUT2D eigenvalue weighted by molar-refractivity contribution is -0.122. The van der Waals surface area contributed by atoms with Crippen molar-refractivity contribution >= 4 is 12.0 Å². The van der Waals surface area contributed by atoms with Crippen molar-refractivity contribution in [3.8, 4) is 6.07 Å². The number of alkyl carbamates (subject to hydrolysis) is 1. The summed E-state index contributed by atoms with van der Waals surface area (Å²) in [5, 5.41) is 14.7. The van der Waals surface area contributed by atoms with Gasteiger partial charge in [-0.1, -0.05) is 30.3 Å². The SMILES string of the molecule is N#C[C@H](C[C@@H]1CC2(CC2)NC1=O)NC(=O)OCc1ccccc1. The highest BCUT2D eigenvalue weighted by atomic mass is 16.5. The number of ether oxygens (including phenoxy) is 1. The molecule has 2 N–H and O–H groups in total. The van der Waals surface area contributed by atoms with E-state index >= 15 is 0 Å². The van der Waals surface area contributed by atoms with E-state index in [1.807, 2.05) is 36.4 Å². The first-order chi connectivity index (χ1) is 11.1. The van der Waals surface area contributed by atoms with Crippen LogP contribution in [0, 0.1) is 17.2 Å². The second-order valence-electron chi connectivity index (χ2n) is 6.29. The zero-order valence-corrected chi connectivity index (χ0v) is 12.7. The lowest BCUT2D eigenvalue weighted by Crippen LogP contribution is -2.36. The summed E-state index contributed by atoms with van der Waals surface area (Å²) in [6.07, 6.45) is 2.47. The van der Waals surface area contributed by atoms with E-state index in [1.54, 1.807) is 0 Å². The van der Waals surface area contributed by atoms with Crippen LogP contribution in [0.5, 0.6) is 0 Å². The number of amides is 2. The van der Waals surface area contributed by atoms with Gasteiger partial charge in [0.25, 0.3) is 0 Å². The van der Waals surface area contributed by atoms with Crippen LogP contribution >= 0.6 is 0 Å². The minimum Gasteiger partial charge on any atom is -0.445 e. The molecule has 1 heterocycles. The van der Waals surface area contributed by atoms with E-state index in [1.165, 1.54) is 0 Å². The van der Waals surface area contributed by atoms with Gasteiger partial charge in [0.05, 0.1) is 6.07 Å². The van der Waals surface area contributed by atoms with Crippen LogP contribution in [-0.4, -0.2) is 23.6 Å². The standard InChI is InChI=1S/C17H19N3O3/c18-10-14(8-13-9-17(6-7-17)20-15(13)21)19-16(22)23-11-12-4-2-1-3-5-12/h1-5,13-14H,6-9,11H2,(H,19,22)(H,20,21)/t13-,14+/m1/s1. The van der Waals surface area contributed by atoms with E-state index in [-0.39, 0.29) is 24.0 Å². The summed E-state index contributed by atoms with van der Waals surface area (Å²) in [4.78, 5) is 23.7. The Labute approximate surface area is 134 Å². The molecular weight excluding hydrogens is 294 g/mol. The molecule has 0 bridgehead atoms. The maximum atomic E-state index is 11.9. The van der Waals surface area contributed by atoms with Gasteiger partial charge < -0.3 is 15.4 Å². The molecule has 1 aliphatic heterocycles. The van der Waals surface area contributed by atoms with Crippen LogP contribution in [0.1, 0.15) is 31.2 Å². The normalized spacial score (nSPS) is 22.0. The van der Waals surface area contributed by atoms with Crippen LogP contribution in [0.25, 0.3) is 0 Å². The van der Waals surface area contributed by atoms with Gasteiger partial charge in [0.15, 0.2) is 0 Å². The molecule has 2 fully saturated rings. The van der Waals surface area contributed by atoms with Gasteiger partial charge in [-0.3, -0.25) is 4.79 Å². The quantitative estimate of drug-likeness (QED) is 0.868. The second-order valence-corrected chi connectivity index (χ2v) is 6.29. The van der Waals surface area contributed by atoms with Crippen molar-refractivity contribution < 1.29 is 14.3 Å². The van der Waals surface area contributed by atoms with Crippen molar-refractivity contribution in [1.82, 2.24) is 10.6 Å². The smallest absolute Gasteiger partial charge is 0.408 e. The van der Waals surface area contributed by atoms with Crippen molar-refractivity contribution in [2.45, 2.75) is 43.9 Å². The molecule has 0 radical (unpaired) electrons. The summed E-state index contributed by atoms with van der Waals surface area (Å²) < 4.78 is 5.10.